The van der Waals surface area contributed by atoms with E-state index in [1.54, 1.807) is 13.2 Å². The van der Waals surface area contributed by atoms with Gasteiger partial charge in [-0.05, 0) is 28.3 Å². The molecule has 0 amide bonds. The van der Waals surface area contributed by atoms with Crippen LogP contribution in [0.4, 0.5) is 4.39 Å². The Hall–Kier alpha value is -1.58. The number of nitrogens with zero attached hydrogens (tertiary/aromatic N) is 3. The van der Waals surface area contributed by atoms with Crippen molar-refractivity contribution >= 4 is 27.5 Å². The van der Waals surface area contributed by atoms with Crippen LogP contribution in [-0.2, 0) is 7.05 Å². The molecular weight excluding hydrogens is 373 g/mol. The Bertz CT molecular complexity index is 780. The first kappa shape index (κ1) is 15.3. The third-order valence-electron chi connectivity index (χ3n) is 3.74. The van der Waals surface area contributed by atoms with Gasteiger partial charge in [0.1, 0.15) is 23.5 Å². The zero-order chi connectivity index (χ0) is 16.0. The molecule has 0 aliphatic heterocycles. The lowest BCUT2D eigenvalue weighted by Gasteiger charge is -2.14. The Morgan fingerprint density at radius 2 is 2.27 bits per heavy atom. The van der Waals surface area contributed by atoms with Crippen molar-refractivity contribution in [1.29, 1.82) is 5.26 Å². The Labute approximate surface area is 140 Å². The highest BCUT2D eigenvalue weighted by atomic mass is 79.9. The molecule has 1 aromatic heterocycles. The fourth-order valence-corrected chi connectivity index (χ4v) is 3.08. The molecule has 1 aliphatic rings. The maximum atomic E-state index is 14.6. The summed E-state index contributed by atoms with van der Waals surface area (Å²) < 4.78 is 22.4. The van der Waals surface area contributed by atoms with Crippen LogP contribution in [0.5, 0.6) is 5.75 Å². The molecule has 0 N–H and O–H groups in total. The molecule has 2 atom stereocenters. The van der Waals surface area contributed by atoms with Crippen LogP contribution in [0.1, 0.15) is 18.9 Å². The van der Waals surface area contributed by atoms with Gasteiger partial charge in [0.05, 0.1) is 26.9 Å². The van der Waals surface area contributed by atoms with Gasteiger partial charge in [0.25, 0.3) is 0 Å². The van der Waals surface area contributed by atoms with E-state index in [0.717, 1.165) is 6.42 Å². The molecule has 7 heteroatoms. The molecule has 0 spiro atoms. The van der Waals surface area contributed by atoms with Crippen LogP contribution in [0.3, 0.4) is 0 Å². The predicted octanol–water partition coefficient (Wildman–Crippen LogP) is 4.30. The van der Waals surface area contributed by atoms with E-state index >= 15 is 0 Å². The second kappa shape index (κ2) is 5.56. The smallest absolute Gasteiger partial charge is 0.152 e. The number of aryl methyl sites for hydroxylation is 1. The van der Waals surface area contributed by atoms with Crippen molar-refractivity contribution in [1.82, 2.24) is 9.78 Å². The van der Waals surface area contributed by atoms with Crippen molar-refractivity contribution in [3.05, 3.63) is 33.1 Å². The van der Waals surface area contributed by atoms with E-state index in [4.69, 9.17) is 16.3 Å². The van der Waals surface area contributed by atoms with Crippen LogP contribution in [0.2, 0.25) is 5.02 Å². The van der Waals surface area contributed by atoms with Gasteiger partial charge in [0.15, 0.2) is 5.82 Å². The fourth-order valence-electron chi connectivity index (χ4n) is 2.34. The highest BCUT2D eigenvalue weighted by Crippen LogP contribution is 2.42. The Kier molecular flexibility index (Phi) is 3.87. The third kappa shape index (κ3) is 2.49. The molecule has 1 fully saturated rings. The van der Waals surface area contributed by atoms with Crippen molar-refractivity contribution in [3.8, 4) is 23.1 Å². The average molecular weight is 385 g/mol. The van der Waals surface area contributed by atoms with E-state index in [0.29, 0.717) is 21.8 Å². The minimum atomic E-state index is -0.654. The summed E-state index contributed by atoms with van der Waals surface area (Å²) in [5, 5.41) is 13.5. The summed E-state index contributed by atoms with van der Waals surface area (Å²) in [5.74, 6) is 0.0901. The van der Waals surface area contributed by atoms with E-state index in [2.05, 4.69) is 28.0 Å². The number of rotatable bonds is 3. The van der Waals surface area contributed by atoms with E-state index in [1.165, 1.54) is 10.7 Å². The minimum Gasteiger partial charge on any atom is -0.489 e. The molecule has 3 rings (SSSR count). The Morgan fingerprint density at radius 3 is 2.77 bits per heavy atom. The molecule has 4 nitrogen and oxygen atoms in total. The van der Waals surface area contributed by atoms with Crippen molar-refractivity contribution in [2.45, 2.75) is 19.4 Å². The summed E-state index contributed by atoms with van der Waals surface area (Å²) in [6.07, 6.45) is 2.52. The fraction of sp³-hybridized carbons (Fsp3) is 0.333. The zero-order valence-corrected chi connectivity index (χ0v) is 14.2. The summed E-state index contributed by atoms with van der Waals surface area (Å²) in [5.41, 5.74) is 0.681. The number of halogens is 3. The maximum absolute atomic E-state index is 14.6. The first-order valence-corrected chi connectivity index (χ1v) is 7.87. The minimum absolute atomic E-state index is 0.0523. The molecule has 22 heavy (non-hydrogen) atoms. The van der Waals surface area contributed by atoms with Gasteiger partial charge in [-0.15, -0.1) is 0 Å². The van der Waals surface area contributed by atoms with E-state index in [1.807, 2.05) is 6.07 Å². The van der Waals surface area contributed by atoms with E-state index < -0.39 is 5.82 Å². The van der Waals surface area contributed by atoms with Gasteiger partial charge >= 0.3 is 0 Å². The van der Waals surface area contributed by atoms with Crippen LogP contribution in [0, 0.1) is 23.1 Å². The van der Waals surface area contributed by atoms with Gasteiger partial charge in [-0.1, -0.05) is 18.5 Å². The summed E-state index contributed by atoms with van der Waals surface area (Å²) in [7, 11) is 1.67. The molecule has 1 aliphatic carbocycles. The second-order valence-corrected chi connectivity index (χ2v) is 6.63. The maximum Gasteiger partial charge on any atom is 0.152 e. The summed E-state index contributed by atoms with van der Waals surface area (Å²) in [4.78, 5) is 0. The van der Waals surface area contributed by atoms with E-state index in [9.17, 15) is 9.65 Å². The van der Waals surface area contributed by atoms with Gasteiger partial charge in [0, 0.05) is 13.1 Å². The molecule has 1 aromatic carbocycles. The van der Waals surface area contributed by atoms with Crippen LogP contribution in [0.15, 0.2) is 16.7 Å². The van der Waals surface area contributed by atoms with Gasteiger partial charge < -0.3 is 4.74 Å². The summed E-state index contributed by atoms with van der Waals surface area (Å²) in [6, 6.07) is 3.41. The quantitative estimate of drug-likeness (QED) is 0.793. The molecule has 0 unspecified atom stereocenters. The van der Waals surface area contributed by atoms with Gasteiger partial charge in [-0.25, -0.2) is 4.39 Å². The molecule has 2 aromatic rings. The first-order valence-electron chi connectivity index (χ1n) is 6.70. The lowest BCUT2D eigenvalue weighted by atomic mass is 10.0. The highest BCUT2D eigenvalue weighted by molar-refractivity contribution is 9.10. The monoisotopic (exact) mass is 383 g/mol. The highest BCUT2D eigenvalue weighted by Gasteiger charge is 2.36. The summed E-state index contributed by atoms with van der Waals surface area (Å²) in [6.45, 7) is 2.06. The third-order valence-corrected chi connectivity index (χ3v) is 4.60. The van der Waals surface area contributed by atoms with Crippen molar-refractivity contribution in [2.75, 3.05) is 0 Å². The Morgan fingerprint density at radius 1 is 1.59 bits per heavy atom. The number of nitriles is 1. The molecule has 1 saturated carbocycles. The lowest BCUT2D eigenvalue weighted by Crippen LogP contribution is -2.05. The van der Waals surface area contributed by atoms with Gasteiger partial charge in [0.2, 0.25) is 0 Å². The normalized spacial score (nSPS) is 19.8. The number of ether oxygens (including phenoxy) is 1. The standard InChI is InChI=1S/C15H12BrClFN3O/c1-7-3-11(7)22-12-4-10(17)14(18)13(8(12)5-19)15-9(16)6-20-21(15)2/h4,6-7,11H,3H2,1-2H3/t7-,11-/m1/s1. The Balaban J connectivity index is 2.22. The number of aromatic nitrogens is 2. The average Bonchev–Trinajstić information content (AvgIpc) is 3.06. The predicted molar refractivity (Wildman–Crippen MR) is 84.2 cm³/mol. The van der Waals surface area contributed by atoms with Gasteiger partial charge in [-0.2, -0.15) is 10.4 Å². The van der Waals surface area contributed by atoms with Gasteiger partial charge in [-0.3, -0.25) is 4.68 Å². The molecule has 0 bridgehead atoms. The molecular formula is C15H12BrClFN3O. The van der Waals surface area contributed by atoms with Crippen LogP contribution < -0.4 is 4.74 Å². The largest absolute Gasteiger partial charge is 0.489 e. The lowest BCUT2D eigenvalue weighted by molar-refractivity contribution is 0.287. The van der Waals surface area contributed by atoms with Crippen molar-refractivity contribution in [3.63, 3.8) is 0 Å². The van der Waals surface area contributed by atoms with Crippen LogP contribution in [-0.4, -0.2) is 15.9 Å². The first-order chi connectivity index (χ1) is 10.4. The molecule has 0 saturated heterocycles. The van der Waals surface area contributed by atoms with Crippen LogP contribution in [0.25, 0.3) is 11.3 Å². The van der Waals surface area contributed by atoms with Crippen molar-refractivity contribution in [2.24, 2.45) is 13.0 Å². The van der Waals surface area contributed by atoms with Crippen molar-refractivity contribution < 1.29 is 9.13 Å². The van der Waals surface area contributed by atoms with E-state index in [-0.39, 0.29) is 22.3 Å². The van der Waals surface area contributed by atoms with Crippen LogP contribution >= 0.6 is 27.5 Å². The topological polar surface area (TPSA) is 50.8 Å². The molecule has 114 valence electrons. The number of benzene rings is 1. The summed E-state index contributed by atoms with van der Waals surface area (Å²) >= 11 is 9.33. The number of hydrogen-bond donors (Lipinski definition) is 0. The SMILES string of the molecule is C[C@@H]1C[C@H]1Oc1cc(Cl)c(F)c(-c2c(Br)cnn2C)c1C#N. The number of hydrogen-bond acceptors (Lipinski definition) is 3. The molecule has 1 heterocycles. The zero-order valence-electron chi connectivity index (χ0n) is 11.9. The molecule has 0 radical (unpaired) electrons. The second-order valence-electron chi connectivity index (χ2n) is 5.37.